The van der Waals surface area contributed by atoms with Crippen LogP contribution in [0.15, 0.2) is 0 Å². The second-order valence-electron chi connectivity index (χ2n) is 5.39. The first-order chi connectivity index (χ1) is 7.67. The number of carbonyl (C=O) groups is 2. The van der Waals surface area contributed by atoms with Gasteiger partial charge in [-0.2, -0.15) is 0 Å². The summed E-state index contributed by atoms with van der Waals surface area (Å²) in [6.45, 7) is 7.72. The quantitative estimate of drug-likeness (QED) is 0.737. The van der Waals surface area contributed by atoms with E-state index in [-0.39, 0.29) is 23.9 Å². The zero-order chi connectivity index (χ0) is 13.6. The number of hydrogen-bond acceptors (Lipinski definition) is 3. The summed E-state index contributed by atoms with van der Waals surface area (Å²) in [6.07, 6.45) is 1.50. The van der Waals surface area contributed by atoms with Crippen molar-refractivity contribution < 1.29 is 9.59 Å². The van der Waals surface area contributed by atoms with E-state index in [1.807, 2.05) is 27.7 Å². The van der Waals surface area contributed by atoms with Crippen molar-refractivity contribution in [2.24, 2.45) is 5.73 Å². The highest BCUT2D eigenvalue weighted by Crippen LogP contribution is 2.00. The highest BCUT2D eigenvalue weighted by molar-refractivity contribution is 5.87. The molecule has 0 saturated heterocycles. The van der Waals surface area contributed by atoms with Crippen LogP contribution in [-0.4, -0.2) is 41.9 Å². The van der Waals surface area contributed by atoms with E-state index in [1.165, 1.54) is 4.90 Å². The van der Waals surface area contributed by atoms with Gasteiger partial charge < -0.3 is 16.0 Å². The molecule has 0 radical (unpaired) electrons. The molecule has 17 heavy (non-hydrogen) atoms. The van der Waals surface area contributed by atoms with Crippen LogP contribution in [0.25, 0.3) is 0 Å². The highest BCUT2D eigenvalue weighted by atomic mass is 16.2. The number of nitrogens with two attached hydrogens (primary N) is 1. The van der Waals surface area contributed by atoms with E-state index in [2.05, 4.69) is 5.32 Å². The smallest absolute Gasteiger partial charge is 0.240 e. The van der Waals surface area contributed by atoms with Gasteiger partial charge in [-0.05, 0) is 27.2 Å². The fourth-order valence-corrected chi connectivity index (χ4v) is 1.47. The molecular weight excluding hydrogens is 218 g/mol. The maximum atomic E-state index is 11.8. The summed E-state index contributed by atoms with van der Waals surface area (Å²) in [7, 11) is 1.60. The fraction of sp³-hybridized carbons (Fsp3) is 0.833. The zero-order valence-electron chi connectivity index (χ0n) is 11.5. The van der Waals surface area contributed by atoms with E-state index in [0.717, 1.165) is 6.42 Å². The average molecular weight is 243 g/mol. The maximum Gasteiger partial charge on any atom is 0.240 e. The van der Waals surface area contributed by atoms with Crippen LogP contribution in [0.1, 0.15) is 40.5 Å². The molecule has 1 atom stereocenters. The number of nitrogens with one attached hydrogen (secondary N) is 1. The largest absolute Gasteiger partial charge is 0.350 e. The normalized spacial score (nSPS) is 13.1. The van der Waals surface area contributed by atoms with Gasteiger partial charge in [0.15, 0.2) is 0 Å². The second-order valence-corrected chi connectivity index (χ2v) is 5.39. The van der Waals surface area contributed by atoms with Crippen molar-refractivity contribution in [1.82, 2.24) is 10.2 Å². The third kappa shape index (κ3) is 6.94. The molecule has 0 fully saturated rings. The molecule has 100 valence electrons. The first-order valence-corrected chi connectivity index (χ1v) is 5.99. The minimum atomic E-state index is -0.507. The van der Waals surface area contributed by atoms with Crippen molar-refractivity contribution >= 4 is 11.8 Å². The van der Waals surface area contributed by atoms with Gasteiger partial charge in [-0.1, -0.05) is 13.3 Å². The van der Waals surface area contributed by atoms with Gasteiger partial charge in [-0.3, -0.25) is 9.59 Å². The highest BCUT2D eigenvalue weighted by Gasteiger charge is 2.21. The van der Waals surface area contributed by atoms with E-state index < -0.39 is 6.04 Å². The standard InChI is InChI=1S/C12H25N3O2/c1-6-7-9(13)11(17)15(5)8-10(16)14-12(2,3)4/h9H,6-8,13H2,1-5H3,(H,14,16)/t9-/m0/s1. The van der Waals surface area contributed by atoms with Gasteiger partial charge in [0.05, 0.1) is 12.6 Å². The Morgan fingerprint density at radius 1 is 1.35 bits per heavy atom. The fourth-order valence-electron chi connectivity index (χ4n) is 1.47. The monoisotopic (exact) mass is 243 g/mol. The Labute approximate surface area is 104 Å². The first kappa shape index (κ1) is 15.9. The molecule has 0 bridgehead atoms. The molecule has 5 heteroatoms. The van der Waals surface area contributed by atoms with E-state index in [4.69, 9.17) is 5.73 Å². The van der Waals surface area contributed by atoms with E-state index in [9.17, 15) is 9.59 Å². The minimum Gasteiger partial charge on any atom is -0.350 e. The first-order valence-electron chi connectivity index (χ1n) is 5.99. The van der Waals surface area contributed by atoms with E-state index in [1.54, 1.807) is 7.05 Å². The Balaban J connectivity index is 4.21. The molecule has 0 aliphatic carbocycles. The Kier molecular flexibility index (Phi) is 6.16. The minimum absolute atomic E-state index is 0.0491. The number of hydrogen-bond donors (Lipinski definition) is 2. The van der Waals surface area contributed by atoms with Crippen molar-refractivity contribution in [3.05, 3.63) is 0 Å². The third-order valence-corrected chi connectivity index (χ3v) is 2.19. The molecule has 2 amide bonds. The molecule has 0 spiro atoms. The van der Waals surface area contributed by atoms with Crippen molar-refractivity contribution in [1.29, 1.82) is 0 Å². The zero-order valence-corrected chi connectivity index (χ0v) is 11.5. The Morgan fingerprint density at radius 2 is 1.88 bits per heavy atom. The van der Waals surface area contributed by atoms with Crippen LogP contribution in [-0.2, 0) is 9.59 Å². The molecular formula is C12H25N3O2. The lowest BCUT2D eigenvalue weighted by Crippen LogP contribution is -2.49. The van der Waals surface area contributed by atoms with Crippen LogP contribution in [0.4, 0.5) is 0 Å². The van der Waals surface area contributed by atoms with Gasteiger partial charge in [-0.15, -0.1) is 0 Å². The Morgan fingerprint density at radius 3 is 2.29 bits per heavy atom. The molecule has 0 aliphatic rings. The van der Waals surface area contributed by atoms with Crippen LogP contribution in [0, 0.1) is 0 Å². The lowest BCUT2D eigenvalue weighted by atomic mass is 10.1. The molecule has 0 aromatic heterocycles. The Bertz CT molecular complexity index is 271. The van der Waals surface area contributed by atoms with Crippen molar-refractivity contribution in [2.75, 3.05) is 13.6 Å². The summed E-state index contributed by atoms with van der Waals surface area (Å²) in [5.41, 5.74) is 5.42. The molecule has 5 nitrogen and oxygen atoms in total. The number of likely N-dealkylation sites (N-methyl/N-ethyl adjacent to an activating group) is 1. The van der Waals surface area contributed by atoms with Crippen LogP contribution < -0.4 is 11.1 Å². The summed E-state index contributed by atoms with van der Waals surface area (Å²) in [5.74, 6) is -0.354. The van der Waals surface area contributed by atoms with Crippen molar-refractivity contribution in [3.8, 4) is 0 Å². The maximum absolute atomic E-state index is 11.8. The van der Waals surface area contributed by atoms with Crippen LogP contribution in [0.5, 0.6) is 0 Å². The molecule has 0 aromatic rings. The van der Waals surface area contributed by atoms with Gasteiger partial charge in [0.25, 0.3) is 0 Å². The number of amides is 2. The second kappa shape index (κ2) is 6.59. The molecule has 0 unspecified atom stereocenters. The van der Waals surface area contributed by atoms with Gasteiger partial charge in [-0.25, -0.2) is 0 Å². The van der Waals surface area contributed by atoms with Gasteiger partial charge in [0.1, 0.15) is 0 Å². The molecule has 0 heterocycles. The molecule has 0 rings (SSSR count). The molecule has 0 aliphatic heterocycles. The van der Waals surface area contributed by atoms with Crippen LogP contribution in [0.3, 0.4) is 0 Å². The van der Waals surface area contributed by atoms with Crippen LogP contribution in [0.2, 0.25) is 0 Å². The number of carbonyl (C=O) groups excluding carboxylic acids is 2. The lowest BCUT2D eigenvalue weighted by Gasteiger charge is -2.24. The molecule has 0 saturated carbocycles. The summed E-state index contributed by atoms with van der Waals surface area (Å²) in [5, 5.41) is 2.80. The van der Waals surface area contributed by atoms with Crippen molar-refractivity contribution in [3.63, 3.8) is 0 Å². The Hall–Kier alpha value is -1.10. The number of rotatable bonds is 5. The van der Waals surface area contributed by atoms with Crippen molar-refractivity contribution in [2.45, 2.75) is 52.1 Å². The van der Waals surface area contributed by atoms with E-state index >= 15 is 0 Å². The average Bonchev–Trinajstić information content (AvgIpc) is 2.13. The molecule has 3 N–H and O–H groups in total. The van der Waals surface area contributed by atoms with Crippen LogP contribution >= 0.6 is 0 Å². The summed E-state index contributed by atoms with van der Waals surface area (Å²) in [6, 6.07) is -0.507. The topological polar surface area (TPSA) is 75.4 Å². The lowest BCUT2D eigenvalue weighted by molar-refractivity contribution is -0.136. The predicted molar refractivity (Wildman–Crippen MR) is 68.4 cm³/mol. The SMILES string of the molecule is CCC[C@H](N)C(=O)N(C)CC(=O)NC(C)(C)C. The summed E-state index contributed by atoms with van der Waals surface area (Å²) >= 11 is 0. The van der Waals surface area contributed by atoms with Gasteiger partial charge >= 0.3 is 0 Å². The number of nitrogens with zero attached hydrogens (tertiary/aromatic N) is 1. The predicted octanol–water partition coefficient (Wildman–Crippen LogP) is 0.487. The third-order valence-electron chi connectivity index (χ3n) is 2.19. The summed E-state index contributed by atoms with van der Waals surface area (Å²) in [4.78, 5) is 24.7. The van der Waals surface area contributed by atoms with E-state index in [0.29, 0.717) is 6.42 Å². The molecule has 0 aromatic carbocycles. The van der Waals surface area contributed by atoms with Gasteiger partial charge in [0, 0.05) is 12.6 Å². The van der Waals surface area contributed by atoms with Gasteiger partial charge in [0.2, 0.25) is 11.8 Å². The summed E-state index contributed by atoms with van der Waals surface area (Å²) < 4.78 is 0.